The van der Waals surface area contributed by atoms with E-state index in [1.165, 1.54) is 11.8 Å². The van der Waals surface area contributed by atoms with Gasteiger partial charge in [0.15, 0.2) is 6.61 Å². The Morgan fingerprint density at radius 3 is 2.35 bits per heavy atom. The Hall–Kier alpha value is -3.88. The van der Waals surface area contributed by atoms with Crippen LogP contribution in [0.4, 0.5) is 5.69 Å². The molecule has 0 radical (unpaired) electrons. The van der Waals surface area contributed by atoms with Gasteiger partial charge in [0.25, 0.3) is 5.91 Å². The van der Waals surface area contributed by atoms with Gasteiger partial charge in [-0.3, -0.25) is 14.4 Å². The van der Waals surface area contributed by atoms with Crippen molar-refractivity contribution >= 4 is 52.8 Å². The molecule has 0 atom stereocenters. The van der Waals surface area contributed by atoms with Gasteiger partial charge in [0.05, 0.1) is 21.9 Å². The summed E-state index contributed by atoms with van der Waals surface area (Å²) in [6, 6.07) is 19.4. The molecule has 0 fully saturated rings. The first-order valence-corrected chi connectivity index (χ1v) is 12.2. The van der Waals surface area contributed by atoms with Crippen molar-refractivity contribution in [2.45, 2.75) is 26.3 Å². The van der Waals surface area contributed by atoms with Gasteiger partial charge >= 0.3 is 11.8 Å². The Morgan fingerprint density at radius 2 is 1.68 bits per heavy atom. The van der Waals surface area contributed by atoms with E-state index in [-0.39, 0.29) is 23.9 Å². The highest BCUT2D eigenvalue weighted by Gasteiger charge is 2.12. The normalized spacial score (nSPS) is 10.8. The lowest BCUT2D eigenvalue weighted by Gasteiger charge is -2.10. The van der Waals surface area contributed by atoms with Crippen molar-refractivity contribution in [3.8, 4) is 5.75 Å². The summed E-state index contributed by atoms with van der Waals surface area (Å²) in [5.41, 5.74) is 5.27. The molecule has 0 aliphatic heterocycles. The van der Waals surface area contributed by atoms with Crippen LogP contribution in [-0.4, -0.2) is 30.5 Å². The molecule has 0 bridgehead atoms. The summed E-state index contributed by atoms with van der Waals surface area (Å²) < 4.78 is 5.47. The molecule has 0 saturated carbocycles. The highest BCUT2D eigenvalue weighted by molar-refractivity contribution is 6.35. The number of hydrogen-bond donors (Lipinski definition) is 3. The van der Waals surface area contributed by atoms with Crippen LogP contribution >= 0.6 is 23.2 Å². The van der Waals surface area contributed by atoms with Crippen molar-refractivity contribution < 1.29 is 19.1 Å². The van der Waals surface area contributed by atoms with Crippen LogP contribution in [0, 0.1) is 0 Å². The van der Waals surface area contributed by atoms with Gasteiger partial charge in [-0.15, -0.1) is 0 Å². The zero-order valence-electron chi connectivity index (χ0n) is 20.3. The lowest BCUT2D eigenvalue weighted by atomic mass is 10.0. The summed E-state index contributed by atoms with van der Waals surface area (Å²) in [5, 5.41) is 9.64. The average Bonchev–Trinajstić information content (AvgIpc) is 2.88. The molecule has 3 aromatic rings. The summed E-state index contributed by atoms with van der Waals surface area (Å²) in [7, 11) is 0. The second-order valence-corrected chi connectivity index (χ2v) is 9.10. The third-order valence-corrected chi connectivity index (χ3v) is 5.77. The van der Waals surface area contributed by atoms with E-state index in [0.29, 0.717) is 22.2 Å². The van der Waals surface area contributed by atoms with Crippen LogP contribution < -0.4 is 20.8 Å². The molecule has 37 heavy (non-hydrogen) atoms. The molecule has 192 valence electrons. The van der Waals surface area contributed by atoms with Crippen LogP contribution in [0.5, 0.6) is 5.75 Å². The van der Waals surface area contributed by atoms with Crippen molar-refractivity contribution in [1.82, 2.24) is 10.7 Å². The molecule has 3 N–H and O–H groups in total. The molecule has 3 amide bonds. The highest BCUT2D eigenvalue weighted by atomic mass is 35.5. The standard InChI is InChI=1S/C27H26Cl2N4O4/c1-17(2)20-10-7-18(8-11-20)14-30-26(35)27(36)33-31-15-19-9-12-24(22(29)13-19)37-16-25(34)32-23-6-4-3-5-21(23)28/h3-13,15,17H,14,16H2,1-2H3,(H,30,35)(H,32,34)(H,33,36)/b31-15-. The molecule has 8 nitrogen and oxygen atoms in total. The molecule has 0 aromatic heterocycles. The van der Waals surface area contributed by atoms with Crippen molar-refractivity contribution in [2.75, 3.05) is 11.9 Å². The highest BCUT2D eigenvalue weighted by Crippen LogP contribution is 2.25. The fourth-order valence-corrected chi connectivity index (χ4v) is 3.53. The monoisotopic (exact) mass is 540 g/mol. The molecule has 3 aromatic carbocycles. The van der Waals surface area contributed by atoms with Gasteiger partial charge in [-0.2, -0.15) is 5.10 Å². The lowest BCUT2D eigenvalue weighted by molar-refractivity contribution is -0.139. The first-order chi connectivity index (χ1) is 17.7. The van der Waals surface area contributed by atoms with Crippen molar-refractivity contribution in [3.63, 3.8) is 0 Å². The molecular formula is C27H26Cl2N4O4. The van der Waals surface area contributed by atoms with Gasteiger partial charge in [-0.1, -0.05) is 73.4 Å². The fraction of sp³-hybridized carbons (Fsp3) is 0.185. The Morgan fingerprint density at radius 1 is 0.946 bits per heavy atom. The van der Waals surface area contributed by atoms with E-state index in [1.54, 1.807) is 42.5 Å². The molecule has 0 aliphatic carbocycles. The third-order valence-electron chi connectivity index (χ3n) is 5.15. The van der Waals surface area contributed by atoms with E-state index in [2.05, 4.69) is 35.0 Å². The van der Waals surface area contributed by atoms with Gasteiger partial charge in [0.2, 0.25) is 0 Å². The maximum Gasteiger partial charge on any atom is 0.329 e. The van der Waals surface area contributed by atoms with Crippen molar-refractivity contribution in [1.29, 1.82) is 0 Å². The molecule has 0 spiro atoms. The number of halogens is 2. The van der Waals surface area contributed by atoms with Crippen LogP contribution in [0.15, 0.2) is 71.8 Å². The summed E-state index contributed by atoms with van der Waals surface area (Å²) in [6.45, 7) is 4.15. The van der Waals surface area contributed by atoms with Crippen LogP contribution in [-0.2, 0) is 20.9 Å². The summed E-state index contributed by atoms with van der Waals surface area (Å²) >= 11 is 12.2. The number of anilines is 1. The van der Waals surface area contributed by atoms with Crippen molar-refractivity contribution in [3.05, 3.63) is 93.5 Å². The SMILES string of the molecule is CC(C)c1ccc(CNC(=O)C(=O)N/N=C\c2ccc(OCC(=O)Nc3ccccc3Cl)c(Cl)c2)cc1. The van der Waals surface area contributed by atoms with Crippen LogP contribution in [0.3, 0.4) is 0 Å². The number of nitrogens with one attached hydrogen (secondary N) is 3. The van der Waals surface area contributed by atoms with Gasteiger partial charge in [0, 0.05) is 6.54 Å². The first-order valence-electron chi connectivity index (χ1n) is 11.4. The molecule has 0 unspecified atom stereocenters. The lowest BCUT2D eigenvalue weighted by Crippen LogP contribution is -2.37. The molecule has 10 heteroatoms. The Bertz CT molecular complexity index is 1290. The largest absolute Gasteiger partial charge is 0.482 e. The van der Waals surface area contributed by atoms with E-state index in [4.69, 9.17) is 27.9 Å². The summed E-state index contributed by atoms with van der Waals surface area (Å²) in [5.74, 6) is -1.40. The maximum atomic E-state index is 12.1. The summed E-state index contributed by atoms with van der Waals surface area (Å²) in [6.07, 6.45) is 1.33. The predicted molar refractivity (Wildman–Crippen MR) is 145 cm³/mol. The number of hydrazone groups is 1. The Kier molecular flexibility index (Phi) is 10.1. The Balaban J connectivity index is 1.44. The van der Waals surface area contributed by atoms with Crippen LogP contribution in [0.1, 0.15) is 36.5 Å². The smallest absolute Gasteiger partial charge is 0.329 e. The van der Waals surface area contributed by atoms with Gasteiger partial charge in [-0.25, -0.2) is 5.43 Å². The van der Waals surface area contributed by atoms with E-state index in [1.807, 2.05) is 24.3 Å². The molecular weight excluding hydrogens is 515 g/mol. The number of ether oxygens (including phenoxy) is 1. The van der Waals surface area contributed by atoms with Crippen LogP contribution in [0.25, 0.3) is 0 Å². The van der Waals surface area contributed by atoms with E-state index < -0.39 is 17.7 Å². The van der Waals surface area contributed by atoms with E-state index >= 15 is 0 Å². The number of rotatable bonds is 9. The van der Waals surface area contributed by atoms with Gasteiger partial charge in [-0.05, 0) is 52.9 Å². The third kappa shape index (κ3) is 8.63. The van der Waals surface area contributed by atoms with Crippen LogP contribution in [0.2, 0.25) is 10.0 Å². The van der Waals surface area contributed by atoms with Gasteiger partial charge < -0.3 is 15.4 Å². The quantitative estimate of drug-likeness (QED) is 0.203. The van der Waals surface area contributed by atoms with E-state index in [9.17, 15) is 14.4 Å². The number of carbonyl (C=O) groups is 3. The maximum absolute atomic E-state index is 12.1. The van der Waals surface area contributed by atoms with E-state index in [0.717, 1.165) is 5.56 Å². The second kappa shape index (κ2) is 13.4. The predicted octanol–water partition coefficient (Wildman–Crippen LogP) is 4.90. The minimum atomic E-state index is -0.898. The molecule has 0 saturated heterocycles. The Labute approximate surface area is 225 Å². The molecule has 0 aliphatic rings. The first kappa shape index (κ1) is 27.7. The van der Waals surface area contributed by atoms with Gasteiger partial charge in [0.1, 0.15) is 5.75 Å². The molecule has 3 rings (SSSR count). The number of carbonyl (C=O) groups excluding carboxylic acids is 3. The zero-order valence-corrected chi connectivity index (χ0v) is 21.8. The number of nitrogens with zero attached hydrogens (tertiary/aromatic N) is 1. The second-order valence-electron chi connectivity index (χ2n) is 8.28. The zero-order chi connectivity index (χ0) is 26.8. The number of hydrogen-bond acceptors (Lipinski definition) is 5. The minimum absolute atomic E-state index is 0.224. The van der Waals surface area contributed by atoms with Crippen molar-refractivity contribution in [2.24, 2.45) is 5.10 Å². The minimum Gasteiger partial charge on any atom is -0.482 e. The number of amides is 3. The number of para-hydroxylation sites is 1. The average molecular weight is 541 g/mol. The summed E-state index contributed by atoms with van der Waals surface area (Å²) in [4.78, 5) is 36.1. The number of benzene rings is 3. The molecule has 0 heterocycles. The fourth-order valence-electron chi connectivity index (χ4n) is 3.11. The topological polar surface area (TPSA) is 109 Å².